The van der Waals surface area contributed by atoms with Crippen molar-refractivity contribution in [3.63, 3.8) is 0 Å². The number of nitrogens with zero attached hydrogens (tertiary/aromatic N) is 3. The number of piperidine rings is 1. The van der Waals surface area contributed by atoms with Crippen LogP contribution >= 0.6 is 11.3 Å². The molecule has 0 radical (unpaired) electrons. The third kappa shape index (κ3) is 3.75. The maximum atomic E-state index is 12.4. The van der Waals surface area contributed by atoms with E-state index in [1.165, 1.54) is 13.1 Å². The van der Waals surface area contributed by atoms with Crippen molar-refractivity contribution in [1.29, 1.82) is 0 Å². The smallest absolute Gasteiger partial charge is 0.332 e. The lowest BCUT2D eigenvalue weighted by Crippen LogP contribution is -2.45. The molecule has 1 saturated heterocycles. The van der Waals surface area contributed by atoms with Crippen molar-refractivity contribution in [1.82, 2.24) is 14.5 Å². The molecule has 0 bridgehead atoms. The fourth-order valence-electron chi connectivity index (χ4n) is 3.32. The molecule has 2 aromatic heterocycles. The summed E-state index contributed by atoms with van der Waals surface area (Å²) in [6.45, 7) is 4.28. The van der Waals surface area contributed by atoms with Crippen molar-refractivity contribution < 1.29 is 4.79 Å². The zero-order chi connectivity index (χ0) is 18.7. The summed E-state index contributed by atoms with van der Waals surface area (Å²) in [6.07, 6.45) is 1.42. The minimum atomic E-state index is -0.300. The molecule has 26 heavy (non-hydrogen) atoms. The lowest BCUT2D eigenvalue weighted by molar-refractivity contribution is -0.125. The Morgan fingerprint density at radius 3 is 2.65 bits per heavy atom. The monoisotopic (exact) mass is 376 g/mol. The van der Waals surface area contributed by atoms with E-state index in [9.17, 15) is 14.4 Å². The molecular weight excluding hydrogens is 352 g/mol. The first-order valence-corrected chi connectivity index (χ1v) is 9.75. The Kier molecular flexibility index (Phi) is 5.61. The highest BCUT2D eigenvalue weighted by Crippen LogP contribution is 2.22. The predicted octanol–water partition coefficient (Wildman–Crippen LogP) is 1.16. The Balaban J connectivity index is 1.64. The highest BCUT2D eigenvalue weighted by molar-refractivity contribution is 7.09. The predicted molar refractivity (Wildman–Crippen MR) is 103 cm³/mol. The molecule has 0 saturated carbocycles. The van der Waals surface area contributed by atoms with Crippen LogP contribution in [0.4, 0.5) is 5.82 Å². The van der Waals surface area contributed by atoms with Crippen molar-refractivity contribution in [2.75, 3.05) is 18.0 Å². The quantitative estimate of drug-likeness (QED) is 0.850. The summed E-state index contributed by atoms with van der Waals surface area (Å²) >= 11 is 1.63. The zero-order valence-electron chi connectivity index (χ0n) is 15.1. The molecule has 0 aliphatic carbocycles. The number of thiophene rings is 1. The third-order valence-electron chi connectivity index (χ3n) is 4.90. The van der Waals surface area contributed by atoms with Gasteiger partial charge in [0.1, 0.15) is 5.82 Å². The van der Waals surface area contributed by atoms with Crippen LogP contribution in [0.5, 0.6) is 0 Å². The summed E-state index contributed by atoms with van der Waals surface area (Å²) in [6, 6.07) is 5.50. The highest BCUT2D eigenvalue weighted by Gasteiger charge is 2.26. The number of nitrogens with one attached hydrogen (secondary N) is 1. The first-order chi connectivity index (χ1) is 12.5. The van der Waals surface area contributed by atoms with Crippen LogP contribution in [0.25, 0.3) is 0 Å². The van der Waals surface area contributed by atoms with Gasteiger partial charge in [0.05, 0.1) is 6.54 Å². The molecule has 140 valence electrons. The van der Waals surface area contributed by atoms with Gasteiger partial charge < -0.3 is 10.2 Å². The van der Waals surface area contributed by atoms with Crippen LogP contribution in [-0.2, 0) is 24.9 Å². The molecule has 8 heteroatoms. The second kappa shape index (κ2) is 7.90. The number of hydrogen-bond acceptors (Lipinski definition) is 5. The largest absolute Gasteiger partial charge is 0.358 e. The van der Waals surface area contributed by atoms with Crippen LogP contribution in [0, 0.1) is 5.92 Å². The lowest BCUT2D eigenvalue weighted by Gasteiger charge is -2.34. The number of hydrogen-bond donors (Lipinski definition) is 1. The first-order valence-electron chi connectivity index (χ1n) is 8.87. The van der Waals surface area contributed by atoms with Gasteiger partial charge in [0.25, 0.3) is 5.56 Å². The number of anilines is 1. The second-order valence-corrected chi connectivity index (χ2v) is 7.52. The molecule has 0 spiro atoms. The molecule has 0 aromatic carbocycles. The van der Waals surface area contributed by atoms with E-state index >= 15 is 0 Å². The summed E-state index contributed by atoms with van der Waals surface area (Å²) in [5, 5.41) is 5.00. The molecule has 3 rings (SSSR count). The van der Waals surface area contributed by atoms with Crippen LogP contribution < -0.4 is 21.5 Å². The Hall–Kier alpha value is -2.35. The van der Waals surface area contributed by atoms with Gasteiger partial charge in [-0.25, -0.2) is 4.79 Å². The van der Waals surface area contributed by atoms with E-state index in [0.717, 1.165) is 9.44 Å². The summed E-state index contributed by atoms with van der Waals surface area (Å²) in [5.74, 6) is 0.701. The molecule has 1 N–H and O–H groups in total. The van der Waals surface area contributed by atoms with Gasteiger partial charge in [0.15, 0.2) is 0 Å². The van der Waals surface area contributed by atoms with Crippen molar-refractivity contribution in [3.8, 4) is 0 Å². The molecule has 1 fully saturated rings. The third-order valence-corrected chi connectivity index (χ3v) is 5.78. The Labute approximate surface area is 155 Å². The van der Waals surface area contributed by atoms with Gasteiger partial charge in [-0.3, -0.25) is 18.7 Å². The first kappa shape index (κ1) is 18.4. The Bertz CT molecular complexity index is 877. The minimum absolute atomic E-state index is 0.0282. The van der Waals surface area contributed by atoms with Crippen LogP contribution in [0.1, 0.15) is 24.6 Å². The normalized spacial score (nSPS) is 15.2. The molecule has 1 amide bonds. The summed E-state index contributed by atoms with van der Waals surface area (Å²) < 4.78 is 2.73. The van der Waals surface area contributed by atoms with Gasteiger partial charge in [-0.15, -0.1) is 11.3 Å². The fraction of sp³-hybridized carbons (Fsp3) is 0.500. The second-order valence-electron chi connectivity index (χ2n) is 6.49. The van der Waals surface area contributed by atoms with Crippen LogP contribution in [0.15, 0.2) is 33.2 Å². The molecule has 0 atom stereocenters. The standard InChI is InChI=1S/C18H24N4O3S/c1-3-22-15(11-16(23)20(2)18(22)25)21-8-6-13(7-9-21)17(24)19-12-14-5-4-10-26-14/h4-5,10-11,13H,3,6-9,12H2,1-2H3,(H,19,24). The maximum Gasteiger partial charge on any atom is 0.332 e. The van der Waals surface area contributed by atoms with Gasteiger partial charge in [0.2, 0.25) is 5.91 Å². The van der Waals surface area contributed by atoms with E-state index in [-0.39, 0.29) is 23.1 Å². The number of amides is 1. The highest BCUT2D eigenvalue weighted by atomic mass is 32.1. The fourth-order valence-corrected chi connectivity index (χ4v) is 3.96. The maximum absolute atomic E-state index is 12.4. The van der Waals surface area contributed by atoms with Crippen LogP contribution in [-0.4, -0.2) is 28.1 Å². The van der Waals surface area contributed by atoms with E-state index in [1.54, 1.807) is 15.9 Å². The van der Waals surface area contributed by atoms with Gasteiger partial charge >= 0.3 is 5.69 Å². The van der Waals surface area contributed by atoms with E-state index < -0.39 is 0 Å². The molecule has 0 unspecified atom stereocenters. The molecule has 2 aromatic rings. The zero-order valence-corrected chi connectivity index (χ0v) is 15.9. The lowest BCUT2D eigenvalue weighted by atomic mass is 9.96. The SMILES string of the molecule is CCn1c(N2CCC(C(=O)NCc3cccs3)CC2)cc(=O)n(C)c1=O. The average molecular weight is 376 g/mol. The van der Waals surface area contributed by atoms with Gasteiger partial charge in [-0.1, -0.05) is 6.07 Å². The van der Waals surface area contributed by atoms with Crippen LogP contribution in [0.3, 0.4) is 0 Å². The van der Waals surface area contributed by atoms with Crippen molar-refractivity contribution >= 4 is 23.1 Å². The molecular formula is C18H24N4O3S. The van der Waals surface area contributed by atoms with Gasteiger partial charge in [-0.05, 0) is 31.2 Å². The molecule has 3 heterocycles. The van der Waals surface area contributed by atoms with Crippen molar-refractivity contribution in [2.45, 2.75) is 32.9 Å². The van der Waals surface area contributed by atoms with Gasteiger partial charge in [0, 0.05) is 43.5 Å². The molecule has 1 aliphatic heterocycles. The Morgan fingerprint density at radius 2 is 2.04 bits per heavy atom. The number of rotatable bonds is 5. The van der Waals surface area contributed by atoms with Crippen molar-refractivity contribution in [2.24, 2.45) is 13.0 Å². The summed E-state index contributed by atoms with van der Waals surface area (Å²) in [4.78, 5) is 39.8. The molecule has 7 nitrogen and oxygen atoms in total. The van der Waals surface area contributed by atoms with E-state index in [0.29, 0.717) is 44.8 Å². The molecule has 1 aliphatic rings. The number of carbonyl (C=O) groups is 1. The Morgan fingerprint density at radius 1 is 1.31 bits per heavy atom. The van der Waals surface area contributed by atoms with Gasteiger partial charge in [-0.2, -0.15) is 0 Å². The van der Waals surface area contributed by atoms with E-state index in [1.807, 2.05) is 29.3 Å². The number of carbonyl (C=O) groups excluding carboxylic acids is 1. The average Bonchev–Trinajstić information content (AvgIpc) is 3.17. The summed E-state index contributed by atoms with van der Waals surface area (Å²) in [7, 11) is 1.49. The van der Waals surface area contributed by atoms with Crippen molar-refractivity contribution in [3.05, 3.63) is 49.3 Å². The van der Waals surface area contributed by atoms with E-state index in [4.69, 9.17) is 0 Å². The topological polar surface area (TPSA) is 76.3 Å². The van der Waals surface area contributed by atoms with Crippen LogP contribution in [0.2, 0.25) is 0 Å². The minimum Gasteiger partial charge on any atom is -0.358 e. The van der Waals surface area contributed by atoms with E-state index in [2.05, 4.69) is 5.32 Å². The summed E-state index contributed by atoms with van der Waals surface area (Å²) in [5.41, 5.74) is -0.601. The number of aromatic nitrogens is 2.